The van der Waals surface area contributed by atoms with Crippen LogP contribution < -0.4 is 5.32 Å². The lowest BCUT2D eigenvalue weighted by molar-refractivity contribution is 0.209. The highest BCUT2D eigenvalue weighted by Gasteiger charge is 2.05. The molecule has 0 radical (unpaired) electrons. The summed E-state index contributed by atoms with van der Waals surface area (Å²) in [5.41, 5.74) is 2.05. The Morgan fingerprint density at radius 1 is 1.64 bits per heavy atom. The molecule has 0 aromatic carbocycles. The summed E-state index contributed by atoms with van der Waals surface area (Å²) in [6, 6.07) is 3.80. The Bertz CT molecular complexity index is 325. The van der Waals surface area contributed by atoms with Crippen molar-refractivity contribution >= 4 is 6.03 Å². The number of nitrogens with one attached hydrogen (secondary N) is 1. The van der Waals surface area contributed by atoms with Gasteiger partial charge in [-0.1, -0.05) is 0 Å². The van der Waals surface area contributed by atoms with Gasteiger partial charge < -0.3 is 10.2 Å². The number of amides is 2. The predicted octanol–water partition coefficient (Wildman–Crippen LogP) is 1.16. The number of hydrogen-bond donors (Lipinski definition) is 1. The number of aromatic nitrogens is 1. The van der Waals surface area contributed by atoms with E-state index < -0.39 is 0 Å². The van der Waals surface area contributed by atoms with Crippen LogP contribution in [0.15, 0.2) is 18.3 Å². The molecule has 1 heterocycles. The minimum absolute atomic E-state index is 0.0838. The van der Waals surface area contributed by atoms with E-state index in [4.69, 9.17) is 0 Å². The lowest BCUT2D eigenvalue weighted by Gasteiger charge is -2.16. The molecule has 0 bridgehead atoms. The minimum atomic E-state index is -0.0838. The largest absolute Gasteiger partial charge is 0.341 e. The molecule has 4 heteroatoms. The van der Waals surface area contributed by atoms with Crippen molar-refractivity contribution in [1.29, 1.82) is 0 Å². The van der Waals surface area contributed by atoms with Crippen molar-refractivity contribution in [1.82, 2.24) is 15.2 Å². The van der Waals surface area contributed by atoms with Crippen LogP contribution in [0.5, 0.6) is 0 Å². The normalized spacial score (nSPS) is 9.64. The third kappa shape index (κ3) is 2.73. The SMILES string of the molecule is CNC(=O)N(C)Cc1ccnc(C)c1. The highest BCUT2D eigenvalue weighted by molar-refractivity contribution is 5.73. The molecule has 76 valence electrons. The number of urea groups is 1. The summed E-state index contributed by atoms with van der Waals surface area (Å²) in [5, 5.41) is 2.57. The fourth-order valence-corrected chi connectivity index (χ4v) is 1.24. The van der Waals surface area contributed by atoms with E-state index in [1.807, 2.05) is 19.1 Å². The van der Waals surface area contributed by atoms with Crippen LogP contribution in [0.1, 0.15) is 11.3 Å². The highest BCUT2D eigenvalue weighted by Crippen LogP contribution is 2.03. The Morgan fingerprint density at radius 2 is 2.36 bits per heavy atom. The maximum Gasteiger partial charge on any atom is 0.317 e. The molecule has 0 saturated carbocycles. The summed E-state index contributed by atoms with van der Waals surface area (Å²) in [6.07, 6.45) is 1.75. The zero-order chi connectivity index (χ0) is 10.6. The smallest absolute Gasteiger partial charge is 0.317 e. The average molecular weight is 193 g/mol. The van der Waals surface area contributed by atoms with Gasteiger partial charge in [0, 0.05) is 32.5 Å². The van der Waals surface area contributed by atoms with Crippen LogP contribution in [0.25, 0.3) is 0 Å². The van der Waals surface area contributed by atoms with Gasteiger partial charge in [-0.15, -0.1) is 0 Å². The molecule has 0 unspecified atom stereocenters. The number of hydrogen-bond acceptors (Lipinski definition) is 2. The van der Waals surface area contributed by atoms with Crippen LogP contribution in [0.4, 0.5) is 4.79 Å². The summed E-state index contributed by atoms with van der Waals surface area (Å²) in [7, 11) is 3.38. The van der Waals surface area contributed by atoms with E-state index in [-0.39, 0.29) is 6.03 Å². The Kier molecular flexibility index (Phi) is 3.45. The molecule has 4 nitrogen and oxygen atoms in total. The van der Waals surface area contributed by atoms with Gasteiger partial charge in [0.1, 0.15) is 0 Å². The van der Waals surface area contributed by atoms with Gasteiger partial charge in [0.2, 0.25) is 0 Å². The first-order chi connectivity index (χ1) is 6.63. The van der Waals surface area contributed by atoms with Gasteiger partial charge in [-0.3, -0.25) is 4.98 Å². The molecule has 0 fully saturated rings. The van der Waals surface area contributed by atoms with Crippen molar-refractivity contribution in [3.05, 3.63) is 29.6 Å². The molecule has 0 aliphatic carbocycles. The maximum absolute atomic E-state index is 11.2. The fraction of sp³-hybridized carbons (Fsp3) is 0.400. The number of carbonyl (C=O) groups is 1. The van der Waals surface area contributed by atoms with Gasteiger partial charge in [-0.05, 0) is 24.6 Å². The molecule has 0 spiro atoms. The monoisotopic (exact) mass is 193 g/mol. The van der Waals surface area contributed by atoms with Gasteiger partial charge in [0.15, 0.2) is 0 Å². The van der Waals surface area contributed by atoms with Crippen molar-refractivity contribution in [3.8, 4) is 0 Å². The summed E-state index contributed by atoms with van der Waals surface area (Å²) in [5.74, 6) is 0. The van der Waals surface area contributed by atoms with Gasteiger partial charge in [0.05, 0.1) is 0 Å². The van der Waals surface area contributed by atoms with E-state index in [1.165, 1.54) is 0 Å². The molecule has 1 aromatic heterocycles. The van der Waals surface area contributed by atoms with E-state index in [0.29, 0.717) is 6.54 Å². The molecule has 0 aliphatic heterocycles. The fourth-order valence-electron chi connectivity index (χ4n) is 1.24. The number of rotatable bonds is 2. The number of carbonyl (C=O) groups excluding carboxylic acids is 1. The van der Waals surface area contributed by atoms with E-state index in [9.17, 15) is 4.79 Å². The quantitative estimate of drug-likeness (QED) is 0.766. The molecule has 1 aromatic rings. The van der Waals surface area contributed by atoms with E-state index >= 15 is 0 Å². The van der Waals surface area contributed by atoms with Gasteiger partial charge in [-0.2, -0.15) is 0 Å². The third-order valence-corrected chi connectivity index (χ3v) is 1.94. The second-order valence-corrected chi connectivity index (χ2v) is 3.22. The summed E-state index contributed by atoms with van der Waals surface area (Å²) < 4.78 is 0. The van der Waals surface area contributed by atoms with Gasteiger partial charge >= 0.3 is 6.03 Å². The van der Waals surface area contributed by atoms with Crippen molar-refractivity contribution in [2.75, 3.05) is 14.1 Å². The first-order valence-electron chi connectivity index (χ1n) is 4.48. The zero-order valence-electron chi connectivity index (χ0n) is 8.74. The maximum atomic E-state index is 11.2. The molecule has 2 amide bonds. The molecule has 1 N–H and O–H groups in total. The topological polar surface area (TPSA) is 45.2 Å². The van der Waals surface area contributed by atoms with E-state index in [0.717, 1.165) is 11.3 Å². The van der Waals surface area contributed by atoms with Crippen LogP contribution in [0, 0.1) is 6.92 Å². The van der Waals surface area contributed by atoms with E-state index in [2.05, 4.69) is 10.3 Å². The second kappa shape index (κ2) is 4.60. The Labute approximate surface area is 83.9 Å². The number of pyridine rings is 1. The molecule has 1 rings (SSSR count). The average Bonchev–Trinajstić information content (AvgIpc) is 2.16. The lowest BCUT2D eigenvalue weighted by Crippen LogP contribution is -2.34. The first kappa shape index (κ1) is 10.5. The predicted molar refractivity (Wildman–Crippen MR) is 54.9 cm³/mol. The van der Waals surface area contributed by atoms with Crippen molar-refractivity contribution in [2.45, 2.75) is 13.5 Å². The first-order valence-corrected chi connectivity index (χ1v) is 4.48. The van der Waals surface area contributed by atoms with Crippen molar-refractivity contribution in [2.24, 2.45) is 0 Å². The number of aryl methyl sites for hydroxylation is 1. The summed E-state index contributed by atoms with van der Waals surface area (Å²) in [6.45, 7) is 2.53. The van der Waals surface area contributed by atoms with E-state index in [1.54, 1.807) is 25.2 Å². The molecular formula is C10H15N3O. The van der Waals surface area contributed by atoms with Crippen molar-refractivity contribution < 1.29 is 4.79 Å². The van der Waals surface area contributed by atoms with Crippen LogP contribution in [-0.4, -0.2) is 30.0 Å². The van der Waals surface area contributed by atoms with Crippen LogP contribution >= 0.6 is 0 Å². The van der Waals surface area contributed by atoms with Crippen LogP contribution in [0.2, 0.25) is 0 Å². The van der Waals surface area contributed by atoms with Crippen molar-refractivity contribution in [3.63, 3.8) is 0 Å². The summed E-state index contributed by atoms with van der Waals surface area (Å²) in [4.78, 5) is 16.9. The zero-order valence-corrected chi connectivity index (χ0v) is 8.74. The Morgan fingerprint density at radius 3 is 2.93 bits per heavy atom. The molecule has 0 saturated heterocycles. The molecular weight excluding hydrogens is 178 g/mol. The molecule has 0 atom stereocenters. The van der Waals surface area contributed by atoms with Gasteiger partial charge in [-0.25, -0.2) is 4.79 Å². The molecule has 14 heavy (non-hydrogen) atoms. The molecule has 0 aliphatic rings. The minimum Gasteiger partial charge on any atom is -0.341 e. The van der Waals surface area contributed by atoms with Crippen LogP contribution in [-0.2, 0) is 6.54 Å². The highest BCUT2D eigenvalue weighted by atomic mass is 16.2. The van der Waals surface area contributed by atoms with Gasteiger partial charge in [0.25, 0.3) is 0 Å². The second-order valence-electron chi connectivity index (χ2n) is 3.22. The summed E-state index contributed by atoms with van der Waals surface area (Å²) >= 11 is 0. The Hall–Kier alpha value is -1.58. The Balaban J connectivity index is 2.64. The lowest BCUT2D eigenvalue weighted by atomic mass is 10.2. The van der Waals surface area contributed by atoms with Crippen LogP contribution in [0.3, 0.4) is 0 Å². The number of nitrogens with zero attached hydrogens (tertiary/aromatic N) is 2. The standard InChI is InChI=1S/C10H15N3O/c1-8-6-9(4-5-12-8)7-13(3)10(14)11-2/h4-6H,7H2,1-3H3,(H,11,14). The third-order valence-electron chi connectivity index (χ3n) is 1.94.